The first-order valence-corrected chi connectivity index (χ1v) is 5.94. The first kappa shape index (κ1) is 10.0. The Kier molecular flexibility index (Phi) is 1.88. The molecule has 0 fully saturated rings. The lowest BCUT2D eigenvalue weighted by atomic mass is 10.1. The number of nitrogens with two attached hydrogens (primary N) is 4. The van der Waals surface area contributed by atoms with Gasteiger partial charge in [-0.25, -0.2) is 0 Å². The molecule has 5 heteroatoms. The van der Waals surface area contributed by atoms with Crippen LogP contribution >= 0.6 is 11.3 Å². The predicted octanol–water partition coefficient (Wildman–Crippen LogP) is 2.38. The Hall–Kier alpha value is -2.14. The molecule has 1 aromatic heterocycles. The van der Waals surface area contributed by atoms with E-state index in [1.165, 1.54) is 0 Å². The Morgan fingerprint density at radius 3 is 1.47 bits per heavy atom. The van der Waals surface area contributed by atoms with E-state index >= 15 is 0 Å². The molecule has 4 nitrogen and oxygen atoms in total. The fourth-order valence-electron chi connectivity index (χ4n) is 2.08. The topological polar surface area (TPSA) is 104 Å². The molecular weight excluding hydrogens is 232 g/mol. The average Bonchev–Trinajstić information content (AvgIpc) is 2.58. The van der Waals surface area contributed by atoms with E-state index < -0.39 is 0 Å². The van der Waals surface area contributed by atoms with Gasteiger partial charge in [0, 0.05) is 22.1 Å². The molecule has 0 aliphatic carbocycles. The van der Waals surface area contributed by atoms with Crippen molar-refractivity contribution in [1.82, 2.24) is 0 Å². The molecule has 17 heavy (non-hydrogen) atoms. The third-order valence-corrected chi connectivity index (χ3v) is 4.09. The van der Waals surface area contributed by atoms with Crippen LogP contribution in [0.2, 0.25) is 0 Å². The van der Waals surface area contributed by atoms with Crippen LogP contribution < -0.4 is 22.9 Å². The first-order chi connectivity index (χ1) is 8.06. The smallest absolute Gasteiger partial charge is 0.0587 e. The van der Waals surface area contributed by atoms with E-state index in [9.17, 15) is 0 Å². The van der Waals surface area contributed by atoms with Crippen molar-refractivity contribution in [2.24, 2.45) is 0 Å². The molecule has 0 spiro atoms. The molecule has 3 aromatic rings. The summed E-state index contributed by atoms with van der Waals surface area (Å²) in [7, 11) is 0. The fourth-order valence-corrected chi connectivity index (χ4v) is 3.19. The molecule has 0 saturated heterocycles. The summed E-state index contributed by atoms with van der Waals surface area (Å²) in [5.41, 5.74) is 26.2. The molecule has 1 heterocycles. The molecule has 0 amide bonds. The van der Waals surface area contributed by atoms with Crippen molar-refractivity contribution in [2.75, 3.05) is 22.9 Å². The first-order valence-electron chi connectivity index (χ1n) is 5.12. The zero-order chi connectivity index (χ0) is 12.2. The molecule has 8 N–H and O–H groups in total. The SMILES string of the molecule is Nc1cc(N)c2sc3c(N)cc(N)cc3c2c1. The van der Waals surface area contributed by atoms with Crippen LogP contribution in [0.3, 0.4) is 0 Å². The van der Waals surface area contributed by atoms with Gasteiger partial charge in [0.2, 0.25) is 0 Å². The number of benzene rings is 2. The average molecular weight is 244 g/mol. The summed E-state index contributed by atoms with van der Waals surface area (Å²) in [6, 6.07) is 7.33. The highest BCUT2D eigenvalue weighted by molar-refractivity contribution is 7.27. The number of fused-ring (bicyclic) bond motifs is 3. The lowest BCUT2D eigenvalue weighted by molar-refractivity contribution is 1.75. The van der Waals surface area contributed by atoms with Crippen LogP contribution in [0.5, 0.6) is 0 Å². The molecule has 0 unspecified atom stereocenters. The Morgan fingerprint density at radius 1 is 0.647 bits per heavy atom. The summed E-state index contributed by atoms with van der Waals surface area (Å²) < 4.78 is 2.01. The maximum atomic E-state index is 5.97. The van der Waals surface area contributed by atoms with Gasteiger partial charge in [0.15, 0.2) is 0 Å². The second-order valence-corrected chi connectivity index (χ2v) is 5.10. The highest BCUT2D eigenvalue weighted by atomic mass is 32.1. The summed E-state index contributed by atoms with van der Waals surface area (Å²) in [5.74, 6) is 0. The Balaban J connectivity index is 2.60. The van der Waals surface area contributed by atoms with E-state index in [0.717, 1.165) is 20.2 Å². The van der Waals surface area contributed by atoms with Crippen molar-refractivity contribution in [3.05, 3.63) is 24.3 Å². The standard InChI is InChI=1S/C12H12N4S/c13-5-1-7-8-2-6(14)4-10(16)12(8)17-11(7)9(15)3-5/h1-4H,13-16H2. The van der Waals surface area contributed by atoms with Crippen molar-refractivity contribution in [1.29, 1.82) is 0 Å². The number of anilines is 4. The van der Waals surface area contributed by atoms with Crippen molar-refractivity contribution >= 4 is 54.3 Å². The number of hydrogen-bond acceptors (Lipinski definition) is 5. The van der Waals surface area contributed by atoms with E-state index in [-0.39, 0.29) is 0 Å². The summed E-state index contributed by atoms with van der Waals surface area (Å²) >= 11 is 1.57. The minimum Gasteiger partial charge on any atom is -0.399 e. The summed E-state index contributed by atoms with van der Waals surface area (Å²) in [6.07, 6.45) is 0. The number of rotatable bonds is 0. The van der Waals surface area contributed by atoms with Gasteiger partial charge in [0.05, 0.1) is 20.8 Å². The highest BCUT2D eigenvalue weighted by Crippen LogP contribution is 2.41. The lowest BCUT2D eigenvalue weighted by Gasteiger charge is -2.00. The van der Waals surface area contributed by atoms with Crippen LogP contribution in [0.4, 0.5) is 22.7 Å². The quantitative estimate of drug-likeness (QED) is 0.456. The molecule has 0 atom stereocenters. The Bertz CT molecular complexity index is 683. The van der Waals surface area contributed by atoms with Gasteiger partial charge in [-0.1, -0.05) is 0 Å². The van der Waals surface area contributed by atoms with Crippen molar-refractivity contribution in [3.63, 3.8) is 0 Å². The van der Waals surface area contributed by atoms with E-state index in [4.69, 9.17) is 22.9 Å². The highest BCUT2D eigenvalue weighted by Gasteiger charge is 2.11. The zero-order valence-corrected chi connectivity index (χ0v) is 9.84. The predicted molar refractivity (Wildman–Crippen MR) is 77.0 cm³/mol. The molecule has 0 aliphatic rings. The van der Waals surface area contributed by atoms with E-state index in [2.05, 4.69) is 0 Å². The fraction of sp³-hybridized carbons (Fsp3) is 0. The van der Waals surface area contributed by atoms with Gasteiger partial charge in [-0.2, -0.15) is 0 Å². The van der Waals surface area contributed by atoms with E-state index in [1.807, 2.05) is 12.1 Å². The van der Waals surface area contributed by atoms with Gasteiger partial charge in [0.25, 0.3) is 0 Å². The van der Waals surface area contributed by atoms with Gasteiger partial charge in [-0.05, 0) is 24.3 Å². The van der Waals surface area contributed by atoms with Crippen LogP contribution in [0.1, 0.15) is 0 Å². The van der Waals surface area contributed by atoms with Gasteiger partial charge in [0.1, 0.15) is 0 Å². The maximum Gasteiger partial charge on any atom is 0.0587 e. The van der Waals surface area contributed by atoms with Gasteiger partial charge in [-0.15, -0.1) is 11.3 Å². The second-order valence-electron chi connectivity index (χ2n) is 4.08. The lowest BCUT2D eigenvalue weighted by Crippen LogP contribution is -1.90. The number of thiophene rings is 1. The summed E-state index contributed by atoms with van der Waals surface area (Å²) in [6.45, 7) is 0. The van der Waals surface area contributed by atoms with Gasteiger partial charge in [-0.3, -0.25) is 0 Å². The number of hydrogen-bond donors (Lipinski definition) is 4. The second kappa shape index (κ2) is 3.18. The van der Waals surface area contributed by atoms with Gasteiger partial charge >= 0.3 is 0 Å². The van der Waals surface area contributed by atoms with Crippen molar-refractivity contribution in [2.45, 2.75) is 0 Å². The Morgan fingerprint density at radius 2 is 1.06 bits per heavy atom. The Labute approximate surface area is 102 Å². The van der Waals surface area contributed by atoms with E-state index in [0.29, 0.717) is 22.7 Å². The normalized spacial score (nSPS) is 11.3. The summed E-state index contributed by atoms with van der Waals surface area (Å²) in [4.78, 5) is 0. The van der Waals surface area contributed by atoms with Crippen molar-refractivity contribution in [3.8, 4) is 0 Å². The molecule has 0 aliphatic heterocycles. The van der Waals surface area contributed by atoms with Crippen molar-refractivity contribution < 1.29 is 0 Å². The third kappa shape index (κ3) is 1.36. The van der Waals surface area contributed by atoms with Crippen LogP contribution in [0.25, 0.3) is 20.2 Å². The minimum absolute atomic E-state index is 0.649. The largest absolute Gasteiger partial charge is 0.399 e. The molecular formula is C12H12N4S. The zero-order valence-electron chi connectivity index (χ0n) is 9.03. The molecule has 0 radical (unpaired) electrons. The van der Waals surface area contributed by atoms with E-state index in [1.54, 1.807) is 23.5 Å². The minimum atomic E-state index is 0.649. The maximum absolute atomic E-state index is 5.97. The monoisotopic (exact) mass is 244 g/mol. The van der Waals surface area contributed by atoms with Crippen LogP contribution in [-0.4, -0.2) is 0 Å². The molecule has 0 saturated carbocycles. The number of nitrogen functional groups attached to an aromatic ring is 4. The molecule has 2 aromatic carbocycles. The summed E-state index contributed by atoms with van der Waals surface area (Å²) in [5, 5.41) is 2.03. The molecule has 3 rings (SSSR count). The molecule has 0 bridgehead atoms. The van der Waals surface area contributed by atoms with Gasteiger partial charge < -0.3 is 22.9 Å². The van der Waals surface area contributed by atoms with Crippen LogP contribution in [0.15, 0.2) is 24.3 Å². The van der Waals surface area contributed by atoms with Crippen LogP contribution in [0, 0.1) is 0 Å². The van der Waals surface area contributed by atoms with Crippen LogP contribution in [-0.2, 0) is 0 Å². The molecule has 86 valence electrons. The third-order valence-electron chi connectivity index (χ3n) is 2.77.